The van der Waals surface area contributed by atoms with E-state index >= 15 is 0 Å². The largest absolute Gasteiger partial charge is 0.450 e. The second kappa shape index (κ2) is 6.05. The van der Waals surface area contributed by atoms with Gasteiger partial charge >= 0.3 is 6.09 Å². The Labute approximate surface area is 128 Å². The number of benzene rings is 1. The zero-order valence-electron chi connectivity index (χ0n) is 12.5. The van der Waals surface area contributed by atoms with Gasteiger partial charge in [-0.15, -0.1) is 5.10 Å². The number of nitrogens with zero attached hydrogens (tertiary/aromatic N) is 3. The Kier molecular flexibility index (Phi) is 3.95. The van der Waals surface area contributed by atoms with Crippen molar-refractivity contribution < 1.29 is 9.53 Å². The number of hydrogen-bond donors (Lipinski definition) is 2. The van der Waals surface area contributed by atoms with Crippen LogP contribution in [0.1, 0.15) is 30.7 Å². The lowest BCUT2D eigenvalue weighted by atomic mass is 9.91. The Morgan fingerprint density at radius 2 is 2.41 bits per heavy atom. The smallest absolute Gasteiger partial charge is 0.414 e. The molecular formula is C15H19N5O2. The summed E-state index contributed by atoms with van der Waals surface area (Å²) in [5.41, 5.74) is 7.83. The van der Waals surface area contributed by atoms with Gasteiger partial charge in [0.15, 0.2) is 0 Å². The predicted molar refractivity (Wildman–Crippen MR) is 82.6 cm³/mol. The van der Waals surface area contributed by atoms with Gasteiger partial charge in [-0.05, 0) is 31.0 Å². The predicted octanol–water partition coefficient (Wildman–Crippen LogP) is 2.16. The highest BCUT2D eigenvalue weighted by Crippen LogP contribution is 2.29. The molecule has 22 heavy (non-hydrogen) atoms. The van der Waals surface area contributed by atoms with Crippen molar-refractivity contribution in [3.05, 3.63) is 35.7 Å². The SMILES string of the molecule is CCOC(=O)Nc1nc2n(n1)CC(c1cccc(N)c1)CC2. The van der Waals surface area contributed by atoms with E-state index in [-0.39, 0.29) is 0 Å². The lowest BCUT2D eigenvalue weighted by molar-refractivity contribution is 0.167. The number of aryl methyl sites for hydroxylation is 1. The summed E-state index contributed by atoms with van der Waals surface area (Å²) in [5, 5.41) is 6.87. The topological polar surface area (TPSA) is 95.1 Å². The van der Waals surface area contributed by atoms with Gasteiger partial charge in [-0.3, -0.25) is 5.32 Å². The van der Waals surface area contributed by atoms with Crippen molar-refractivity contribution in [1.29, 1.82) is 0 Å². The molecule has 116 valence electrons. The van der Waals surface area contributed by atoms with Gasteiger partial charge in [0.2, 0.25) is 0 Å². The molecule has 0 aliphatic carbocycles. The van der Waals surface area contributed by atoms with Crippen LogP contribution in [0.25, 0.3) is 0 Å². The Morgan fingerprint density at radius 3 is 3.18 bits per heavy atom. The van der Waals surface area contributed by atoms with Gasteiger partial charge in [0.25, 0.3) is 5.95 Å². The molecule has 0 radical (unpaired) electrons. The second-order valence-electron chi connectivity index (χ2n) is 5.28. The normalized spacial score (nSPS) is 16.9. The minimum absolute atomic E-state index is 0.293. The molecule has 1 aromatic heterocycles. The highest BCUT2D eigenvalue weighted by molar-refractivity contribution is 5.82. The van der Waals surface area contributed by atoms with Crippen LogP contribution in [0, 0.1) is 0 Å². The summed E-state index contributed by atoms with van der Waals surface area (Å²) < 4.78 is 6.67. The molecule has 0 saturated carbocycles. The molecule has 1 aliphatic heterocycles. The van der Waals surface area contributed by atoms with Crippen molar-refractivity contribution in [3.8, 4) is 0 Å². The highest BCUT2D eigenvalue weighted by Gasteiger charge is 2.23. The molecule has 0 saturated heterocycles. The van der Waals surface area contributed by atoms with Gasteiger partial charge in [-0.1, -0.05) is 12.1 Å². The monoisotopic (exact) mass is 301 g/mol. The molecule has 3 rings (SSSR count). The summed E-state index contributed by atoms with van der Waals surface area (Å²) in [6.07, 6.45) is 1.27. The summed E-state index contributed by atoms with van der Waals surface area (Å²) in [6, 6.07) is 7.94. The van der Waals surface area contributed by atoms with Crippen LogP contribution < -0.4 is 11.1 Å². The van der Waals surface area contributed by atoms with Crippen molar-refractivity contribution in [2.45, 2.75) is 32.2 Å². The summed E-state index contributed by atoms with van der Waals surface area (Å²) >= 11 is 0. The molecule has 2 heterocycles. The fourth-order valence-corrected chi connectivity index (χ4v) is 2.71. The molecule has 0 bridgehead atoms. The first-order valence-corrected chi connectivity index (χ1v) is 7.38. The molecule has 1 atom stereocenters. The van der Waals surface area contributed by atoms with Crippen LogP contribution in [0.15, 0.2) is 24.3 Å². The van der Waals surface area contributed by atoms with Gasteiger partial charge in [-0.2, -0.15) is 4.98 Å². The summed E-state index contributed by atoms with van der Waals surface area (Å²) in [6.45, 7) is 2.80. The summed E-state index contributed by atoms with van der Waals surface area (Å²) in [5.74, 6) is 1.53. The van der Waals surface area contributed by atoms with Crippen LogP contribution >= 0.6 is 0 Å². The van der Waals surface area contributed by atoms with E-state index in [9.17, 15) is 4.79 Å². The molecule has 0 spiro atoms. The van der Waals surface area contributed by atoms with Crippen molar-refractivity contribution in [2.24, 2.45) is 0 Å². The fourth-order valence-electron chi connectivity index (χ4n) is 2.71. The van der Waals surface area contributed by atoms with E-state index < -0.39 is 6.09 Å². The van der Waals surface area contributed by atoms with E-state index in [0.717, 1.165) is 30.9 Å². The molecule has 1 amide bonds. The number of ether oxygens (including phenoxy) is 1. The van der Waals surface area contributed by atoms with E-state index in [4.69, 9.17) is 10.5 Å². The number of hydrogen-bond acceptors (Lipinski definition) is 5. The molecule has 1 aromatic carbocycles. The zero-order valence-corrected chi connectivity index (χ0v) is 12.5. The quantitative estimate of drug-likeness (QED) is 0.847. The molecule has 7 nitrogen and oxygen atoms in total. The van der Waals surface area contributed by atoms with Crippen LogP contribution in [0.4, 0.5) is 16.4 Å². The summed E-state index contributed by atoms with van der Waals surface area (Å²) in [4.78, 5) is 15.7. The van der Waals surface area contributed by atoms with Gasteiger partial charge < -0.3 is 10.5 Å². The van der Waals surface area contributed by atoms with Crippen molar-refractivity contribution in [1.82, 2.24) is 14.8 Å². The number of amides is 1. The van der Waals surface area contributed by atoms with Gasteiger partial charge in [-0.25, -0.2) is 9.48 Å². The van der Waals surface area contributed by atoms with E-state index in [1.54, 1.807) is 6.92 Å². The standard InChI is InChI=1S/C15H19N5O2/c1-2-22-15(21)18-14-17-13-7-6-11(9-20(13)19-14)10-4-3-5-12(16)8-10/h3-5,8,11H,2,6-7,9,16H2,1H3,(H,18,19,21). The minimum Gasteiger partial charge on any atom is -0.450 e. The maximum atomic E-state index is 11.4. The van der Waals surface area contributed by atoms with Crippen LogP contribution in [0.5, 0.6) is 0 Å². The molecule has 1 aliphatic rings. The minimum atomic E-state index is -0.530. The molecule has 1 unspecified atom stereocenters. The Balaban J connectivity index is 1.73. The zero-order chi connectivity index (χ0) is 15.5. The van der Waals surface area contributed by atoms with Crippen LogP contribution in [0.2, 0.25) is 0 Å². The number of anilines is 2. The lowest BCUT2D eigenvalue weighted by Crippen LogP contribution is -2.20. The number of fused-ring (bicyclic) bond motifs is 1. The molecule has 3 N–H and O–H groups in total. The van der Waals surface area contributed by atoms with Gasteiger partial charge in [0, 0.05) is 24.6 Å². The number of rotatable bonds is 3. The number of aromatic nitrogens is 3. The highest BCUT2D eigenvalue weighted by atomic mass is 16.5. The number of nitrogens with one attached hydrogen (secondary N) is 1. The van der Waals surface area contributed by atoms with Crippen molar-refractivity contribution >= 4 is 17.7 Å². The van der Waals surface area contributed by atoms with Gasteiger partial charge in [0.05, 0.1) is 6.61 Å². The maximum Gasteiger partial charge on any atom is 0.414 e. The van der Waals surface area contributed by atoms with Crippen LogP contribution in [-0.4, -0.2) is 27.5 Å². The first-order valence-electron chi connectivity index (χ1n) is 7.38. The van der Waals surface area contributed by atoms with Crippen molar-refractivity contribution in [3.63, 3.8) is 0 Å². The second-order valence-corrected chi connectivity index (χ2v) is 5.28. The third-order valence-electron chi connectivity index (χ3n) is 3.73. The molecular weight excluding hydrogens is 282 g/mol. The number of nitrogens with two attached hydrogens (primary N) is 1. The Bertz CT molecular complexity index is 682. The molecule has 0 fully saturated rings. The maximum absolute atomic E-state index is 11.4. The van der Waals surface area contributed by atoms with Crippen LogP contribution in [-0.2, 0) is 17.7 Å². The van der Waals surface area contributed by atoms with Crippen molar-refractivity contribution in [2.75, 3.05) is 17.7 Å². The number of carbonyl (C=O) groups is 1. The van der Waals surface area contributed by atoms with Gasteiger partial charge in [0.1, 0.15) is 5.82 Å². The first kappa shape index (κ1) is 14.4. The van der Waals surface area contributed by atoms with E-state index in [2.05, 4.69) is 21.5 Å². The fraction of sp³-hybridized carbons (Fsp3) is 0.400. The molecule has 2 aromatic rings. The molecule has 7 heteroatoms. The Hall–Kier alpha value is -2.57. The number of nitrogen functional groups attached to an aromatic ring is 1. The van der Waals surface area contributed by atoms with E-state index in [0.29, 0.717) is 18.5 Å². The average Bonchev–Trinajstić information content (AvgIpc) is 2.88. The first-order chi connectivity index (χ1) is 10.7. The van der Waals surface area contributed by atoms with E-state index in [1.807, 2.05) is 22.9 Å². The Morgan fingerprint density at radius 1 is 1.55 bits per heavy atom. The number of carbonyl (C=O) groups excluding carboxylic acids is 1. The van der Waals surface area contributed by atoms with Crippen LogP contribution in [0.3, 0.4) is 0 Å². The third kappa shape index (κ3) is 3.03. The third-order valence-corrected chi connectivity index (χ3v) is 3.73. The average molecular weight is 301 g/mol. The summed E-state index contributed by atoms with van der Waals surface area (Å²) in [7, 11) is 0. The lowest BCUT2D eigenvalue weighted by Gasteiger charge is -2.22. The van der Waals surface area contributed by atoms with E-state index in [1.165, 1.54) is 5.56 Å².